The Kier molecular flexibility index (Phi) is 7.13. The van der Waals surface area contributed by atoms with Gasteiger partial charge in [0.2, 0.25) is 5.91 Å². The van der Waals surface area contributed by atoms with E-state index in [1.807, 2.05) is 0 Å². The summed E-state index contributed by atoms with van der Waals surface area (Å²) in [5.74, 6) is -1.37. The van der Waals surface area contributed by atoms with E-state index in [2.05, 4.69) is 22.0 Å². The summed E-state index contributed by atoms with van der Waals surface area (Å²) in [6.07, 6.45) is 0. The zero-order valence-electron chi connectivity index (χ0n) is 15.6. The molecule has 0 unspecified atom stereocenters. The fourth-order valence-corrected chi connectivity index (χ4v) is 4.00. The van der Waals surface area contributed by atoms with E-state index in [1.54, 1.807) is 6.92 Å². The Balaban J connectivity index is 2.11. The molecule has 1 fully saturated rings. The summed E-state index contributed by atoms with van der Waals surface area (Å²) in [4.78, 5) is 41.1. The second kappa shape index (κ2) is 9.11. The van der Waals surface area contributed by atoms with Crippen molar-refractivity contribution >= 4 is 34.2 Å². The Labute approximate surface area is 157 Å². The first-order chi connectivity index (χ1) is 12.4. The van der Waals surface area contributed by atoms with Crippen molar-refractivity contribution < 1.29 is 23.9 Å². The first kappa shape index (κ1) is 20.3. The van der Waals surface area contributed by atoms with Gasteiger partial charge < -0.3 is 19.7 Å². The average molecular weight is 383 g/mol. The van der Waals surface area contributed by atoms with Crippen LogP contribution in [-0.4, -0.2) is 81.1 Å². The van der Waals surface area contributed by atoms with Crippen molar-refractivity contribution in [3.8, 4) is 0 Å². The number of thiophene rings is 1. The van der Waals surface area contributed by atoms with Crippen molar-refractivity contribution in [2.75, 3.05) is 58.8 Å². The lowest BCUT2D eigenvalue weighted by Gasteiger charge is -2.33. The molecule has 0 atom stereocenters. The van der Waals surface area contributed by atoms with Crippen molar-refractivity contribution in [2.45, 2.75) is 13.8 Å². The summed E-state index contributed by atoms with van der Waals surface area (Å²) in [5.41, 5.74) is 0.641. The molecule has 1 aromatic rings. The number of ether oxygens (including phenoxy) is 2. The standard InChI is InChI=1S/C17H25N3O5S/c1-5-19-6-8-20(9-7-19)10-12(21)18-15-13(16(22)24-3)11(2)14(26-15)17(23)25-4/h5-10H2,1-4H3,(H,18,21). The van der Waals surface area contributed by atoms with Gasteiger partial charge >= 0.3 is 11.9 Å². The molecule has 0 radical (unpaired) electrons. The van der Waals surface area contributed by atoms with E-state index in [1.165, 1.54) is 14.2 Å². The van der Waals surface area contributed by atoms with Gasteiger partial charge in [-0.25, -0.2) is 9.59 Å². The van der Waals surface area contributed by atoms with Crippen LogP contribution in [0.3, 0.4) is 0 Å². The largest absolute Gasteiger partial charge is 0.465 e. The minimum absolute atomic E-state index is 0.196. The maximum absolute atomic E-state index is 12.4. The smallest absolute Gasteiger partial charge is 0.348 e. The van der Waals surface area contributed by atoms with Gasteiger partial charge in [0.1, 0.15) is 9.88 Å². The molecular weight excluding hydrogens is 358 g/mol. The number of carbonyl (C=O) groups excluding carboxylic acids is 3. The van der Waals surface area contributed by atoms with Gasteiger partial charge in [-0.2, -0.15) is 0 Å². The number of carbonyl (C=O) groups is 3. The number of piperazine rings is 1. The quantitative estimate of drug-likeness (QED) is 0.739. The molecule has 26 heavy (non-hydrogen) atoms. The molecule has 1 aliphatic heterocycles. The van der Waals surface area contributed by atoms with Crippen molar-refractivity contribution in [2.24, 2.45) is 0 Å². The Hall–Kier alpha value is -1.97. The number of amides is 1. The fraction of sp³-hybridized carbons (Fsp3) is 0.588. The highest BCUT2D eigenvalue weighted by molar-refractivity contribution is 7.18. The van der Waals surface area contributed by atoms with Gasteiger partial charge in [-0.05, 0) is 19.0 Å². The molecule has 1 N–H and O–H groups in total. The number of rotatable bonds is 6. The third kappa shape index (κ3) is 4.60. The second-order valence-corrected chi connectivity index (χ2v) is 7.02. The van der Waals surface area contributed by atoms with Gasteiger partial charge in [-0.15, -0.1) is 11.3 Å². The molecule has 0 aliphatic carbocycles. The van der Waals surface area contributed by atoms with E-state index in [-0.39, 0.29) is 22.9 Å². The number of hydrogen-bond donors (Lipinski definition) is 1. The summed E-state index contributed by atoms with van der Waals surface area (Å²) in [5, 5.41) is 3.07. The van der Waals surface area contributed by atoms with Crippen LogP contribution in [0.1, 0.15) is 32.5 Å². The maximum Gasteiger partial charge on any atom is 0.348 e. The molecule has 144 valence electrons. The highest BCUT2D eigenvalue weighted by atomic mass is 32.1. The van der Waals surface area contributed by atoms with Crippen LogP contribution < -0.4 is 5.32 Å². The third-order valence-electron chi connectivity index (χ3n) is 4.44. The molecule has 1 saturated heterocycles. The van der Waals surface area contributed by atoms with E-state index in [9.17, 15) is 14.4 Å². The van der Waals surface area contributed by atoms with Crippen LogP contribution in [0.4, 0.5) is 5.00 Å². The Morgan fingerprint density at radius 3 is 2.15 bits per heavy atom. The fourth-order valence-electron chi connectivity index (χ4n) is 2.87. The molecular formula is C17H25N3O5S. The SMILES string of the molecule is CCN1CCN(CC(=O)Nc2sc(C(=O)OC)c(C)c2C(=O)OC)CC1. The highest BCUT2D eigenvalue weighted by Gasteiger charge is 2.27. The molecule has 0 saturated carbocycles. The summed E-state index contributed by atoms with van der Waals surface area (Å²) < 4.78 is 9.53. The topological polar surface area (TPSA) is 88.2 Å². The first-order valence-corrected chi connectivity index (χ1v) is 9.27. The van der Waals surface area contributed by atoms with Crippen molar-refractivity contribution in [3.05, 3.63) is 16.0 Å². The zero-order chi connectivity index (χ0) is 19.3. The molecule has 1 aromatic heterocycles. The summed E-state index contributed by atoms with van der Waals surface area (Å²) in [6.45, 7) is 8.51. The number of nitrogens with zero attached hydrogens (tertiary/aromatic N) is 2. The molecule has 9 heteroatoms. The van der Waals surface area contributed by atoms with Crippen LogP contribution in [0.25, 0.3) is 0 Å². The molecule has 1 aliphatic rings. The molecule has 2 heterocycles. The molecule has 0 aromatic carbocycles. The van der Waals surface area contributed by atoms with Gasteiger partial charge in [0.15, 0.2) is 0 Å². The minimum atomic E-state index is -0.597. The van der Waals surface area contributed by atoms with E-state index in [0.717, 1.165) is 44.1 Å². The van der Waals surface area contributed by atoms with Crippen molar-refractivity contribution in [1.29, 1.82) is 0 Å². The van der Waals surface area contributed by atoms with Crippen LogP contribution in [-0.2, 0) is 14.3 Å². The number of esters is 2. The minimum Gasteiger partial charge on any atom is -0.465 e. The summed E-state index contributed by atoms with van der Waals surface area (Å²) >= 11 is 1.02. The van der Waals surface area contributed by atoms with E-state index >= 15 is 0 Å². The van der Waals surface area contributed by atoms with Crippen LogP contribution >= 0.6 is 11.3 Å². The lowest BCUT2D eigenvalue weighted by molar-refractivity contribution is -0.117. The van der Waals surface area contributed by atoms with Crippen LogP contribution in [0.2, 0.25) is 0 Å². The van der Waals surface area contributed by atoms with Gasteiger partial charge in [0.25, 0.3) is 0 Å². The Morgan fingerprint density at radius 1 is 1.04 bits per heavy atom. The summed E-state index contributed by atoms with van der Waals surface area (Å²) in [6, 6.07) is 0. The Morgan fingerprint density at radius 2 is 1.62 bits per heavy atom. The molecule has 2 rings (SSSR count). The predicted molar refractivity (Wildman–Crippen MR) is 98.9 cm³/mol. The monoisotopic (exact) mass is 383 g/mol. The normalized spacial score (nSPS) is 15.5. The van der Waals surface area contributed by atoms with Crippen molar-refractivity contribution in [3.63, 3.8) is 0 Å². The van der Waals surface area contributed by atoms with E-state index < -0.39 is 11.9 Å². The van der Waals surface area contributed by atoms with Crippen LogP contribution in [0, 0.1) is 6.92 Å². The van der Waals surface area contributed by atoms with Crippen molar-refractivity contribution in [1.82, 2.24) is 9.80 Å². The summed E-state index contributed by atoms with van der Waals surface area (Å²) in [7, 11) is 2.53. The molecule has 0 bridgehead atoms. The molecule has 1 amide bonds. The average Bonchev–Trinajstić information content (AvgIpc) is 2.96. The number of hydrogen-bond acceptors (Lipinski definition) is 8. The molecule has 0 spiro atoms. The van der Waals surface area contributed by atoms with Gasteiger partial charge in [0, 0.05) is 26.2 Å². The lowest BCUT2D eigenvalue weighted by atomic mass is 10.1. The highest BCUT2D eigenvalue weighted by Crippen LogP contribution is 2.34. The van der Waals surface area contributed by atoms with E-state index in [0.29, 0.717) is 10.6 Å². The Bertz CT molecular complexity index is 680. The van der Waals surface area contributed by atoms with Gasteiger partial charge in [-0.1, -0.05) is 6.92 Å². The molecule has 8 nitrogen and oxygen atoms in total. The van der Waals surface area contributed by atoms with Crippen LogP contribution in [0.15, 0.2) is 0 Å². The van der Waals surface area contributed by atoms with E-state index in [4.69, 9.17) is 9.47 Å². The number of nitrogens with one attached hydrogen (secondary N) is 1. The number of anilines is 1. The third-order valence-corrected chi connectivity index (χ3v) is 5.63. The lowest BCUT2D eigenvalue weighted by Crippen LogP contribution is -2.48. The van der Waals surface area contributed by atoms with Gasteiger partial charge in [-0.3, -0.25) is 9.69 Å². The first-order valence-electron chi connectivity index (χ1n) is 8.45. The number of methoxy groups -OCH3 is 2. The maximum atomic E-state index is 12.4. The second-order valence-electron chi connectivity index (χ2n) is 6.00. The number of likely N-dealkylation sites (N-methyl/N-ethyl adjacent to an activating group) is 1. The van der Waals surface area contributed by atoms with Crippen LogP contribution in [0.5, 0.6) is 0 Å². The predicted octanol–water partition coefficient (Wildman–Crippen LogP) is 1.21. The zero-order valence-corrected chi connectivity index (χ0v) is 16.4. The van der Waals surface area contributed by atoms with Gasteiger partial charge in [0.05, 0.1) is 26.3 Å².